The number of amides is 1. The lowest BCUT2D eigenvalue weighted by atomic mass is 10.1. The van der Waals surface area contributed by atoms with E-state index < -0.39 is 11.5 Å². The summed E-state index contributed by atoms with van der Waals surface area (Å²) in [6.07, 6.45) is 2.87. The zero-order chi connectivity index (χ0) is 23.5. The Hall–Kier alpha value is -3.25. The average Bonchev–Trinajstić information content (AvgIpc) is 2.77. The van der Waals surface area contributed by atoms with Crippen molar-refractivity contribution in [2.24, 2.45) is 0 Å². The van der Waals surface area contributed by atoms with E-state index in [0.717, 1.165) is 5.39 Å². The molecule has 0 aliphatic rings. The fourth-order valence-electron chi connectivity index (χ4n) is 3.33. The minimum atomic E-state index is -0.496. The largest absolute Gasteiger partial charge is 0.495 e. The topological polar surface area (TPSA) is 68.5 Å². The second kappa shape index (κ2) is 9.71. The Bertz CT molecular complexity index is 1460. The first-order valence-electron chi connectivity index (χ1n) is 9.70. The van der Waals surface area contributed by atoms with Crippen LogP contribution in [0.25, 0.3) is 28.2 Å². The summed E-state index contributed by atoms with van der Waals surface area (Å²) in [5.74, 6) is 0.00826. The van der Waals surface area contributed by atoms with Gasteiger partial charge in [0.1, 0.15) is 11.3 Å². The number of halogens is 3. The maximum Gasteiger partial charge on any atom is 0.344 e. The van der Waals surface area contributed by atoms with Crippen molar-refractivity contribution < 1.29 is 13.9 Å². The molecule has 4 aromatic rings. The summed E-state index contributed by atoms with van der Waals surface area (Å²) in [5, 5.41) is 4.55. The van der Waals surface area contributed by atoms with Crippen molar-refractivity contribution in [1.82, 2.24) is 0 Å². The van der Waals surface area contributed by atoms with Crippen molar-refractivity contribution in [3.63, 3.8) is 0 Å². The molecule has 1 amide bonds. The molecule has 0 bridgehead atoms. The van der Waals surface area contributed by atoms with E-state index in [4.69, 9.17) is 44.0 Å². The molecule has 33 heavy (non-hydrogen) atoms. The molecule has 0 aliphatic heterocycles. The van der Waals surface area contributed by atoms with Crippen molar-refractivity contribution in [3.8, 4) is 16.9 Å². The van der Waals surface area contributed by atoms with Gasteiger partial charge in [0.25, 0.3) is 0 Å². The van der Waals surface area contributed by atoms with Crippen LogP contribution in [0, 0.1) is 0 Å². The van der Waals surface area contributed by atoms with Crippen LogP contribution in [-0.4, -0.2) is 13.0 Å². The first kappa shape index (κ1) is 22.9. The van der Waals surface area contributed by atoms with Crippen molar-refractivity contribution >= 4 is 63.4 Å². The molecule has 0 spiro atoms. The van der Waals surface area contributed by atoms with E-state index in [1.54, 1.807) is 54.6 Å². The molecular formula is C25H16Cl3NO4. The minimum Gasteiger partial charge on any atom is -0.495 e. The van der Waals surface area contributed by atoms with Gasteiger partial charge >= 0.3 is 5.63 Å². The Labute approximate surface area is 204 Å². The molecule has 1 aromatic heterocycles. The van der Waals surface area contributed by atoms with E-state index in [1.807, 2.05) is 12.1 Å². The Kier molecular flexibility index (Phi) is 6.75. The number of fused-ring (bicyclic) bond motifs is 1. The van der Waals surface area contributed by atoms with Crippen LogP contribution in [0.2, 0.25) is 15.1 Å². The summed E-state index contributed by atoms with van der Waals surface area (Å²) >= 11 is 18.6. The number of anilines is 1. The van der Waals surface area contributed by atoms with Gasteiger partial charge in [-0.25, -0.2) is 4.79 Å². The summed E-state index contributed by atoms with van der Waals surface area (Å²) in [4.78, 5) is 24.8. The van der Waals surface area contributed by atoms with E-state index in [1.165, 1.54) is 13.2 Å². The van der Waals surface area contributed by atoms with Crippen molar-refractivity contribution in [1.29, 1.82) is 0 Å². The smallest absolute Gasteiger partial charge is 0.344 e. The van der Waals surface area contributed by atoms with Gasteiger partial charge < -0.3 is 14.5 Å². The molecule has 0 atom stereocenters. The molecule has 0 unspecified atom stereocenters. The number of carbonyl (C=O) groups is 1. The number of ether oxygens (including phenoxy) is 1. The van der Waals surface area contributed by atoms with Gasteiger partial charge in [0.15, 0.2) is 0 Å². The molecule has 0 radical (unpaired) electrons. The van der Waals surface area contributed by atoms with Crippen LogP contribution in [0.1, 0.15) is 5.56 Å². The fourth-order valence-corrected chi connectivity index (χ4v) is 4.20. The van der Waals surface area contributed by atoms with Gasteiger partial charge in [-0.05, 0) is 42.5 Å². The molecule has 0 aliphatic carbocycles. The highest BCUT2D eigenvalue weighted by atomic mass is 35.5. The predicted octanol–water partition coefficient (Wildman–Crippen LogP) is 7.08. The number of methoxy groups -OCH3 is 1. The van der Waals surface area contributed by atoms with Crippen LogP contribution in [0.5, 0.6) is 5.75 Å². The molecule has 4 rings (SSSR count). The fraction of sp³-hybridized carbons (Fsp3) is 0.0400. The minimum absolute atomic E-state index is 0.294. The zero-order valence-corrected chi connectivity index (χ0v) is 19.5. The van der Waals surface area contributed by atoms with E-state index in [0.29, 0.717) is 48.8 Å². The summed E-state index contributed by atoms with van der Waals surface area (Å²) in [6.45, 7) is 0. The monoisotopic (exact) mass is 499 g/mol. The summed E-state index contributed by atoms with van der Waals surface area (Å²) in [5.41, 5.74) is 1.85. The maximum absolute atomic E-state index is 12.4. The van der Waals surface area contributed by atoms with Crippen LogP contribution in [-0.2, 0) is 4.79 Å². The third-order valence-corrected chi connectivity index (χ3v) is 5.64. The number of rotatable bonds is 5. The highest BCUT2D eigenvalue weighted by molar-refractivity contribution is 6.36. The quantitative estimate of drug-likeness (QED) is 0.235. The number of benzene rings is 3. The molecule has 1 heterocycles. The molecule has 3 aromatic carbocycles. The van der Waals surface area contributed by atoms with Crippen molar-refractivity contribution in [3.05, 3.63) is 97.8 Å². The molecule has 0 saturated heterocycles. The predicted molar refractivity (Wildman–Crippen MR) is 134 cm³/mol. The summed E-state index contributed by atoms with van der Waals surface area (Å²) in [7, 11) is 1.48. The van der Waals surface area contributed by atoms with Gasteiger partial charge in [-0.15, -0.1) is 0 Å². The second-order valence-corrected chi connectivity index (χ2v) is 8.26. The summed E-state index contributed by atoms with van der Waals surface area (Å²) in [6, 6.07) is 17.0. The number of para-hydroxylation sites is 1. The Morgan fingerprint density at radius 2 is 1.76 bits per heavy atom. The molecule has 5 nitrogen and oxygen atoms in total. The van der Waals surface area contributed by atoms with Crippen LogP contribution >= 0.6 is 34.8 Å². The first-order chi connectivity index (χ1) is 15.9. The highest BCUT2D eigenvalue weighted by Gasteiger charge is 2.13. The van der Waals surface area contributed by atoms with Gasteiger partial charge in [-0.2, -0.15) is 0 Å². The molecular weight excluding hydrogens is 485 g/mol. The van der Waals surface area contributed by atoms with Gasteiger partial charge in [0.2, 0.25) is 5.91 Å². The third kappa shape index (κ3) is 5.06. The number of hydrogen-bond donors (Lipinski definition) is 1. The average molecular weight is 501 g/mol. The Balaban J connectivity index is 1.56. The lowest BCUT2D eigenvalue weighted by Crippen LogP contribution is -2.08. The lowest BCUT2D eigenvalue weighted by Gasteiger charge is -2.09. The SMILES string of the molecule is COc1c(Cl)cc(Cl)cc1/C=C/C(=O)Nc1ccc(-c2cc3ccccc3oc2=O)c(Cl)c1. The highest BCUT2D eigenvalue weighted by Crippen LogP contribution is 2.33. The number of carbonyl (C=O) groups excluding carboxylic acids is 1. The van der Waals surface area contributed by atoms with E-state index in [9.17, 15) is 9.59 Å². The first-order valence-corrected chi connectivity index (χ1v) is 10.8. The second-order valence-electron chi connectivity index (χ2n) is 7.01. The molecule has 0 saturated carbocycles. The van der Waals surface area contributed by atoms with E-state index in [-0.39, 0.29) is 0 Å². The third-order valence-electron chi connectivity index (χ3n) is 4.82. The van der Waals surface area contributed by atoms with Gasteiger partial charge in [0, 0.05) is 33.3 Å². The number of nitrogens with one attached hydrogen (secondary N) is 1. The zero-order valence-electron chi connectivity index (χ0n) is 17.2. The maximum atomic E-state index is 12.4. The molecule has 0 fully saturated rings. The van der Waals surface area contributed by atoms with Gasteiger partial charge in [-0.3, -0.25) is 4.79 Å². The summed E-state index contributed by atoms with van der Waals surface area (Å²) < 4.78 is 10.6. The van der Waals surface area contributed by atoms with Crippen molar-refractivity contribution in [2.45, 2.75) is 0 Å². The van der Waals surface area contributed by atoms with Gasteiger partial charge in [-0.1, -0.05) is 59.1 Å². The Morgan fingerprint density at radius 3 is 2.52 bits per heavy atom. The standard InChI is InChI=1S/C25H16Cl3NO4/c1-32-24-15(10-16(26)12-21(24)28)6-9-23(30)29-17-7-8-18(20(27)13-17)19-11-14-4-2-3-5-22(14)33-25(19)31/h2-13H,1H3,(H,29,30)/b9-6+. The van der Waals surface area contributed by atoms with Gasteiger partial charge in [0.05, 0.1) is 22.7 Å². The lowest BCUT2D eigenvalue weighted by molar-refractivity contribution is -0.111. The van der Waals surface area contributed by atoms with Crippen LogP contribution in [0.4, 0.5) is 5.69 Å². The number of hydrogen-bond acceptors (Lipinski definition) is 4. The van der Waals surface area contributed by atoms with Crippen LogP contribution in [0.15, 0.2) is 76.0 Å². The van der Waals surface area contributed by atoms with Crippen LogP contribution in [0.3, 0.4) is 0 Å². The molecule has 166 valence electrons. The molecule has 8 heteroatoms. The molecule has 1 N–H and O–H groups in total. The Morgan fingerprint density at radius 1 is 0.970 bits per heavy atom. The normalized spacial score (nSPS) is 11.2. The van der Waals surface area contributed by atoms with E-state index in [2.05, 4.69) is 5.32 Å². The van der Waals surface area contributed by atoms with Crippen molar-refractivity contribution in [2.75, 3.05) is 12.4 Å². The van der Waals surface area contributed by atoms with Crippen LogP contribution < -0.4 is 15.7 Å². The van der Waals surface area contributed by atoms with E-state index >= 15 is 0 Å².